The molecule has 1 atom stereocenters. The first kappa shape index (κ1) is 10.9. The third kappa shape index (κ3) is 2.92. The van der Waals surface area contributed by atoms with Crippen LogP contribution in [0, 0.1) is 6.92 Å². The molecule has 1 fully saturated rings. The Kier molecular flexibility index (Phi) is 3.59. The van der Waals surface area contributed by atoms with E-state index in [0.717, 1.165) is 35.5 Å². The summed E-state index contributed by atoms with van der Waals surface area (Å²) in [5, 5.41) is 3.44. The lowest BCUT2D eigenvalue weighted by Gasteiger charge is -2.24. The minimum atomic E-state index is 0.432. The normalized spacial score (nSPS) is 21.3. The average Bonchev–Trinajstić information content (AvgIpc) is 2.25. The summed E-state index contributed by atoms with van der Waals surface area (Å²) in [6, 6.07) is 2.53. The Bertz CT molecular complexity index is 337. The van der Waals surface area contributed by atoms with Crippen LogP contribution in [0.2, 0.25) is 0 Å². The molecule has 0 saturated carbocycles. The zero-order valence-electron chi connectivity index (χ0n) is 8.79. The van der Waals surface area contributed by atoms with E-state index in [0.29, 0.717) is 6.04 Å². The van der Waals surface area contributed by atoms with Gasteiger partial charge in [0.1, 0.15) is 4.60 Å². The molecule has 1 aromatic rings. The number of aryl methyl sites for hydroxylation is 1. The number of aromatic nitrogens is 1. The van der Waals surface area contributed by atoms with Gasteiger partial charge in [0.15, 0.2) is 0 Å². The van der Waals surface area contributed by atoms with Crippen molar-refractivity contribution in [1.29, 1.82) is 0 Å². The molecule has 0 aliphatic carbocycles. The van der Waals surface area contributed by atoms with Crippen LogP contribution in [0.1, 0.15) is 18.4 Å². The third-order valence-electron chi connectivity index (χ3n) is 2.55. The number of hydrogen-bond acceptors (Lipinski definition) is 3. The number of halogens is 1. The number of rotatable bonds is 2. The molecule has 0 aromatic carbocycles. The summed E-state index contributed by atoms with van der Waals surface area (Å²) >= 11 is 3.39. The Hall–Kier alpha value is -0.610. The number of nitrogens with zero attached hydrogens (tertiary/aromatic N) is 1. The summed E-state index contributed by atoms with van der Waals surface area (Å²) < 4.78 is 6.33. The van der Waals surface area contributed by atoms with E-state index in [2.05, 4.69) is 32.3 Å². The predicted molar refractivity (Wildman–Crippen MR) is 64.1 cm³/mol. The van der Waals surface area contributed by atoms with Gasteiger partial charge in [-0.05, 0) is 47.3 Å². The first-order valence-corrected chi connectivity index (χ1v) is 6.01. The standard InChI is InChI=1S/C11H15BrN2O/c1-8-5-10(6-13-11(8)12)14-9-3-2-4-15-7-9/h5-6,9,14H,2-4,7H2,1H3. The summed E-state index contributed by atoms with van der Waals surface area (Å²) in [5.74, 6) is 0. The van der Waals surface area contributed by atoms with E-state index in [4.69, 9.17) is 4.74 Å². The first-order valence-electron chi connectivity index (χ1n) is 5.22. The predicted octanol–water partition coefficient (Wildman–Crippen LogP) is 2.74. The van der Waals surface area contributed by atoms with Crippen LogP contribution in [0.25, 0.3) is 0 Å². The molecule has 1 aliphatic heterocycles. The largest absolute Gasteiger partial charge is 0.379 e. The van der Waals surface area contributed by atoms with Crippen molar-refractivity contribution in [3.8, 4) is 0 Å². The van der Waals surface area contributed by atoms with Crippen molar-refractivity contribution in [2.45, 2.75) is 25.8 Å². The van der Waals surface area contributed by atoms with Crippen molar-refractivity contribution in [3.05, 3.63) is 22.4 Å². The van der Waals surface area contributed by atoms with Gasteiger partial charge in [-0.3, -0.25) is 0 Å². The van der Waals surface area contributed by atoms with E-state index in [9.17, 15) is 0 Å². The molecule has 15 heavy (non-hydrogen) atoms. The molecule has 1 unspecified atom stereocenters. The highest BCUT2D eigenvalue weighted by Gasteiger charge is 2.13. The SMILES string of the molecule is Cc1cc(NC2CCCOC2)cnc1Br. The Balaban J connectivity index is 2.00. The van der Waals surface area contributed by atoms with E-state index in [1.54, 1.807) is 0 Å². The van der Waals surface area contributed by atoms with Crippen molar-refractivity contribution in [2.75, 3.05) is 18.5 Å². The minimum Gasteiger partial charge on any atom is -0.379 e. The molecule has 2 heterocycles. The van der Waals surface area contributed by atoms with Gasteiger partial charge in [-0.2, -0.15) is 0 Å². The fourth-order valence-corrected chi connectivity index (χ4v) is 1.94. The fourth-order valence-electron chi connectivity index (χ4n) is 1.73. The lowest BCUT2D eigenvalue weighted by molar-refractivity contribution is 0.0876. The molecule has 4 heteroatoms. The zero-order valence-corrected chi connectivity index (χ0v) is 10.4. The molecule has 1 aromatic heterocycles. The highest BCUT2D eigenvalue weighted by molar-refractivity contribution is 9.10. The van der Waals surface area contributed by atoms with Gasteiger partial charge >= 0.3 is 0 Å². The van der Waals surface area contributed by atoms with E-state index < -0.39 is 0 Å². The lowest BCUT2D eigenvalue weighted by Crippen LogP contribution is -2.29. The maximum absolute atomic E-state index is 5.42. The fraction of sp³-hybridized carbons (Fsp3) is 0.545. The van der Waals surface area contributed by atoms with Crippen molar-refractivity contribution in [1.82, 2.24) is 4.98 Å². The van der Waals surface area contributed by atoms with Crippen LogP contribution in [0.4, 0.5) is 5.69 Å². The lowest BCUT2D eigenvalue weighted by atomic mass is 10.1. The molecule has 2 rings (SSSR count). The highest BCUT2D eigenvalue weighted by atomic mass is 79.9. The summed E-state index contributed by atoms with van der Waals surface area (Å²) in [5.41, 5.74) is 2.22. The summed E-state index contributed by atoms with van der Waals surface area (Å²) in [6.45, 7) is 3.74. The molecule has 0 spiro atoms. The van der Waals surface area contributed by atoms with Crippen LogP contribution in [0.3, 0.4) is 0 Å². The molecule has 1 saturated heterocycles. The van der Waals surface area contributed by atoms with E-state index >= 15 is 0 Å². The summed E-state index contributed by atoms with van der Waals surface area (Å²) in [6.07, 6.45) is 4.17. The maximum Gasteiger partial charge on any atom is 0.109 e. The van der Waals surface area contributed by atoms with Gasteiger partial charge in [-0.1, -0.05) is 0 Å². The molecular formula is C11H15BrN2O. The van der Waals surface area contributed by atoms with Crippen molar-refractivity contribution in [2.24, 2.45) is 0 Å². The molecule has 0 amide bonds. The zero-order chi connectivity index (χ0) is 10.7. The molecule has 3 nitrogen and oxygen atoms in total. The Labute approximate surface area is 98.4 Å². The molecule has 82 valence electrons. The van der Waals surface area contributed by atoms with Crippen molar-refractivity contribution >= 4 is 21.6 Å². The second kappa shape index (κ2) is 4.94. The van der Waals surface area contributed by atoms with Gasteiger partial charge in [0.2, 0.25) is 0 Å². The molecule has 0 bridgehead atoms. The van der Waals surface area contributed by atoms with E-state index in [1.807, 2.05) is 13.1 Å². The monoisotopic (exact) mass is 270 g/mol. The smallest absolute Gasteiger partial charge is 0.109 e. The number of hydrogen-bond donors (Lipinski definition) is 1. The Morgan fingerprint density at radius 2 is 2.47 bits per heavy atom. The van der Waals surface area contributed by atoms with Crippen LogP contribution in [-0.2, 0) is 4.74 Å². The van der Waals surface area contributed by atoms with Gasteiger partial charge in [0, 0.05) is 12.6 Å². The van der Waals surface area contributed by atoms with E-state index in [-0.39, 0.29) is 0 Å². The molecular weight excluding hydrogens is 256 g/mol. The van der Waals surface area contributed by atoms with Crippen LogP contribution in [0.15, 0.2) is 16.9 Å². The third-order valence-corrected chi connectivity index (χ3v) is 3.38. The van der Waals surface area contributed by atoms with Crippen LogP contribution in [-0.4, -0.2) is 24.2 Å². The number of nitrogens with one attached hydrogen (secondary N) is 1. The second-order valence-corrected chi connectivity index (χ2v) is 4.64. The van der Waals surface area contributed by atoms with Crippen molar-refractivity contribution in [3.63, 3.8) is 0 Å². The minimum absolute atomic E-state index is 0.432. The van der Waals surface area contributed by atoms with Crippen LogP contribution < -0.4 is 5.32 Å². The Morgan fingerprint density at radius 3 is 3.13 bits per heavy atom. The van der Waals surface area contributed by atoms with Gasteiger partial charge in [0.05, 0.1) is 18.5 Å². The summed E-state index contributed by atoms with van der Waals surface area (Å²) in [4.78, 5) is 4.26. The van der Waals surface area contributed by atoms with Gasteiger partial charge in [-0.25, -0.2) is 4.98 Å². The van der Waals surface area contributed by atoms with Crippen molar-refractivity contribution < 1.29 is 4.74 Å². The highest BCUT2D eigenvalue weighted by Crippen LogP contribution is 2.19. The number of anilines is 1. The molecule has 1 N–H and O–H groups in total. The van der Waals surface area contributed by atoms with Crippen LogP contribution >= 0.6 is 15.9 Å². The maximum atomic E-state index is 5.42. The number of pyridine rings is 1. The average molecular weight is 271 g/mol. The van der Waals surface area contributed by atoms with E-state index in [1.165, 1.54) is 6.42 Å². The van der Waals surface area contributed by atoms with Gasteiger partial charge < -0.3 is 10.1 Å². The summed E-state index contributed by atoms with van der Waals surface area (Å²) in [7, 11) is 0. The molecule has 0 radical (unpaired) electrons. The first-order chi connectivity index (χ1) is 7.25. The van der Waals surface area contributed by atoms with Gasteiger partial charge in [-0.15, -0.1) is 0 Å². The number of ether oxygens (including phenoxy) is 1. The molecule has 1 aliphatic rings. The second-order valence-electron chi connectivity index (χ2n) is 3.89. The van der Waals surface area contributed by atoms with Gasteiger partial charge in [0.25, 0.3) is 0 Å². The van der Waals surface area contributed by atoms with Crippen LogP contribution in [0.5, 0.6) is 0 Å². The topological polar surface area (TPSA) is 34.1 Å². The Morgan fingerprint density at radius 1 is 1.60 bits per heavy atom. The quantitative estimate of drug-likeness (QED) is 0.840.